The van der Waals surface area contributed by atoms with E-state index in [1.54, 1.807) is 25.1 Å². The van der Waals surface area contributed by atoms with Crippen molar-refractivity contribution in [3.05, 3.63) is 64.3 Å². The van der Waals surface area contributed by atoms with Gasteiger partial charge in [0.25, 0.3) is 5.78 Å². The molecule has 3 rings (SSSR count). The van der Waals surface area contributed by atoms with E-state index in [4.69, 9.17) is 9.15 Å². The first-order valence-corrected chi connectivity index (χ1v) is 8.15. The maximum Gasteiger partial charge on any atom is 0.268 e. The normalized spacial score (nSPS) is 17.0. The summed E-state index contributed by atoms with van der Waals surface area (Å²) in [4.78, 5) is 37.6. The summed E-state index contributed by atoms with van der Waals surface area (Å²) in [6.45, 7) is 1.67. The molecule has 6 nitrogen and oxygen atoms in total. The van der Waals surface area contributed by atoms with Crippen LogP contribution in [-0.4, -0.2) is 35.7 Å². The molecular formula is C20H18O6. The molecule has 0 radical (unpaired) electrons. The van der Waals surface area contributed by atoms with Gasteiger partial charge in [-0.2, -0.15) is 0 Å². The lowest BCUT2D eigenvalue weighted by Crippen LogP contribution is -2.25. The highest BCUT2D eigenvalue weighted by molar-refractivity contribution is 6.49. The Bertz CT molecular complexity index is 904. The van der Waals surface area contributed by atoms with E-state index in [2.05, 4.69) is 0 Å². The average molecular weight is 354 g/mol. The monoisotopic (exact) mass is 354 g/mol. The zero-order valence-electron chi connectivity index (χ0n) is 14.4. The summed E-state index contributed by atoms with van der Waals surface area (Å²) in [6, 6.07) is 8.11. The van der Waals surface area contributed by atoms with Crippen LogP contribution in [0.1, 0.15) is 55.9 Å². The predicted octanol–water partition coefficient (Wildman–Crippen LogP) is 2.84. The van der Waals surface area contributed by atoms with Gasteiger partial charge in [0.15, 0.2) is 11.5 Å². The van der Waals surface area contributed by atoms with Gasteiger partial charge >= 0.3 is 0 Å². The Balaban J connectivity index is 2.10. The number of allylic oxidation sites excluding steroid dienone is 1. The number of methoxy groups -OCH3 is 1. The highest BCUT2D eigenvalue weighted by Crippen LogP contribution is 2.32. The molecule has 1 aliphatic carbocycles. The Kier molecular flexibility index (Phi) is 4.86. The number of fused-ring (bicyclic) bond motifs is 1. The first kappa shape index (κ1) is 17.8. The van der Waals surface area contributed by atoms with Crippen molar-refractivity contribution in [1.29, 1.82) is 0 Å². The second-order valence-electron chi connectivity index (χ2n) is 6.12. The molecule has 0 saturated heterocycles. The quantitative estimate of drug-likeness (QED) is 0.504. The molecule has 0 aliphatic heterocycles. The minimum Gasteiger partial charge on any atom is -0.501 e. The van der Waals surface area contributed by atoms with Crippen molar-refractivity contribution in [2.45, 2.75) is 25.9 Å². The van der Waals surface area contributed by atoms with E-state index >= 15 is 0 Å². The molecule has 1 aliphatic rings. The predicted molar refractivity (Wildman–Crippen MR) is 93.1 cm³/mol. The van der Waals surface area contributed by atoms with Gasteiger partial charge in [-0.15, -0.1) is 0 Å². The van der Waals surface area contributed by atoms with E-state index < -0.39 is 17.7 Å². The third-order valence-electron chi connectivity index (χ3n) is 4.28. The van der Waals surface area contributed by atoms with E-state index in [1.807, 2.05) is 0 Å². The number of carbonyl (C=O) groups excluding carboxylic acids is 3. The molecule has 1 N–H and O–H groups in total. The molecule has 0 spiro atoms. The van der Waals surface area contributed by atoms with Gasteiger partial charge in [-0.25, -0.2) is 0 Å². The zero-order chi connectivity index (χ0) is 18.8. The van der Waals surface area contributed by atoms with Crippen LogP contribution in [0.4, 0.5) is 0 Å². The SMILES string of the molecule is COC(C)=Cc1oc(C(=O)C(=O)c2ccccc2)c2c1C(=O)CC(O)C2. The van der Waals surface area contributed by atoms with E-state index in [0.717, 1.165) is 0 Å². The summed E-state index contributed by atoms with van der Waals surface area (Å²) in [7, 11) is 1.47. The lowest BCUT2D eigenvalue weighted by Gasteiger charge is -2.16. The number of hydrogen-bond acceptors (Lipinski definition) is 6. The highest BCUT2D eigenvalue weighted by Gasteiger charge is 2.36. The first-order chi connectivity index (χ1) is 12.4. The van der Waals surface area contributed by atoms with Gasteiger partial charge in [-0.1, -0.05) is 30.3 Å². The van der Waals surface area contributed by atoms with Crippen molar-refractivity contribution in [2.24, 2.45) is 0 Å². The summed E-state index contributed by atoms with van der Waals surface area (Å²) in [6.07, 6.45) is 0.608. The molecule has 134 valence electrons. The van der Waals surface area contributed by atoms with E-state index in [9.17, 15) is 19.5 Å². The number of ketones is 3. The Morgan fingerprint density at radius 2 is 1.88 bits per heavy atom. The fourth-order valence-electron chi connectivity index (χ4n) is 2.96. The molecule has 0 saturated carbocycles. The Labute approximate surface area is 150 Å². The van der Waals surface area contributed by atoms with Crippen LogP contribution in [0.25, 0.3) is 6.08 Å². The molecule has 6 heteroatoms. The molecule has 0 bridgehead atoms. The third kappa shape index (κ3) is 3.23. The van der Waals surface area contributed by atoms with Gasteiger partial charge in [-0.05, 0) is 6.92 Å². The van der Waals surface area contributed by atoms with Crippen molar-refractivity contribution < 1.29 is 28.6 Å². The van der Waals surface area contributed by atoms with Crippen LogP contribution < -0.4 is 0 Å². The fourth-order valence-corrected chi connectivity index (χ4v) is 2.96. The number of rotatable bonds is 5. The summed E-state index contributed by atoms with van der Waals surface area (Å²) in [5.74, 6) is -1.45. The Morgan fingerprint density at radius 1 is 1.19 bits per heavy atom. The van der Waals surface area contributed by atoms with E-state index in [1.165, 1.54) is 25.3 Å². The number of aliphatic hydroxyl groups is 1. The van der Waals surface area contributed by atoms with Crippen molar-refractivity contribution in [1.82, 2.24) is 0 Å². The van der Waals surface area contributed by atoms with Gasteiger partial charge in [0, 0.05) is 30.0 Å². The molecule has 2 aromatic rings. The molecule has 1 aromatic heterocycles. The smallest absolute Gasteiger partial charge is 0.268 e. The molecule has 0 amide bonds. The van der Waals surface area contributed by atoms with Gasteiger partial charge < -0.3 is 14.3 Å². The number of hydrogen-bond donors (Lipinski definition) is 1. The van der Waals surface area contributed by atoms with E-state index in [-0.39, 0.29) is 46.8 Å². The van der Waals surface area contributed by atoms with Crippen LogP contribution in [0.15, 0.2) is 40.5 Å². The van der Waals surface area contributed by atoms with Crippen molar-refractivity contribution in [3.8, 4) is 0 Å². The Morgan fingerprint density at radius 3 is 2.54 bits per heavy atom. The summed E-state index contributed by atoms with van der Waals surface area (Å²) in [5, 5.41) is 9.93. The maximum absolute atomic E-state index is 12.7. The first-order valence-electron chi connectivity index (χ1n) is 8.15. The van der Waals surface area contributed by atoms with Crippen molar-refractivity contribution in [2.75, 3.05) is 7.11 Å². The lowest BCUT2D eigenvalue weighted by molar-refractivity contribution is 0.0796. The summed E-state index contributed by atoms with van der Waals surface area (Å²) < 4.78 is 10.7. The minimum atomic E-state index is -0.911. The molecule has 26 heavy (non-hydrogen) atoms. The highest BCUT2D eigenvalue weighted by atomic mass is 16.5. The molecule has 0 fully saturated rings. The zero-order valence-corrected chi connectivity index (χ0v) is 14.4. The number of carbonyl (C=O) groups is 3. The Hall–Kier alpha value is -2.99. The standard InChI is InChI=1S/C20H18O6/c1-11(25-2)8-16-17-14(9-13(21)10-15(17)22)20(26-16)19(24)18(23)12-6-4-3-5-7-12/h3-8,13,21H,9-10H2,1-2H3. The summed E-state index contributed by atoms with van der Waals surface area (Å²) in [5.41, 5.74) is 0.740. The number of aliphatic hydroxyl groups excluding tert-OH is 1. The van der Waals surface area contributed by atoms with Gasteiger partial charge in [0.05, 0.1) is 24.5 Å². The maximum atomic E-state index is 12.7. The number of furan rings is 1. The molecule has 1 unspecified atom stereocenters. The molecule has 1 atom stereocenters. The number of ether oxygens (including phenoxy) is 1. The lowest BCUT2D eigenvalue weighted by atomic mass is 9.87. The second-order valence-corrected chi connectivity index (χ2v) is 6.12. The topological polar surface area (TPSA) is 93.8 Å². The molecule has 1 aromatic carbocycles. The van der Waals surface area contributed by atoms with Crippen LogP contribution in [0.5, 0.6) is 0 Å². The number of Topliss-reactive ketones (excluding diaryl/α,β-unsaturated/α-hetero) is 3. The third-order valence-corrected chi connectivity index (χ3v) is 4.28. The van der Waals surface area contributed by atoms with Crippen LogP contribution in [0, 0.1) is 0 Å². The van der Waals surface area contributed by atoms with Crippen LogP contribution in [0.2, 0.25) is 0 Å². The van der Waals surface area contributed by atoms with Crippen molar-refractivity contribution in [3.63, 3.8) is 0 Å². The number of benzene rings is 1. The largest absolute Gasteiger partial charge is 0.501 e. The van der Waals surface area contributed by atoms with E-state index in [0.29, 0.717) is 5.76 Å². The molecule has 1 heterocycles. The second kappa shape index (κ2) is 7.09. The van der Waals surface area contributed by atoms with Crippen LogP contribution >= 0.6 is 0 Å². The van der Waals surface area contributed by atoms with Gasteiger partial charge in [0.1, 0.15) is 5.76 Å². The van der Waals surface area contributed by atoms with Gasteiger partial charge in [0.2, 0.25) is 5.78 Å². The minimum absolute atomic E-state index is 0.0559. The molecular weight excluding hydrogens is 336 g/mol. The van der Waals surface area contributed by atoms with Crippen LogP contribution in [-0.2, 0) is 11.2 Å². The summed E-state index contributed by atoms with van der Waals surface area (Å²) >= 11 is 0. The fraction of sp³-hybridized carbons (Fsp3) is 0.250. The average Bonchev–Trinajstić information content (AvgIpc) is 2.99. The van der Waals surface area contributed by atoms with Crippen molar-refractivity contribution >= 4 is 23.4 Å². The van der Waals surface area contributed by atoms with Gasteiger partial charge in [-0.3, -0.25) is 14.4 Å². The van der Waals surface area contributed by atoms with Crippen LogP contribution in [0.3, 0.4) is 0 Å².